The Morgan fingerprint density at radius 1 is 1.06 bits per heavy atom. The zero-order valence-electron chi connectivity index (χ0n) is 17.8. The van der Waals surface area contributed by atoms with Gasteiger partial charge in [0.2, 0.25) is 5.89 Å². The van der Waals surface area contributed by atoms with Gasteiger partial charge >= 0.3 is 6.18 Å². The van der Waals surface area contributed by atoms with Crippen molar-refractivity contribution in [3.8, 4) is 23.0 Å². The summed E-state index contributed by atoms with van der Waals surface area (Å²) in [6.45, 7) is 0.614. The lowest BCUT2D eigenvalue weighted by Crippen LogP contribution is -2.36. The number of hydrogen-bond donors (Lipinski definition) is 0. The molecule has 1 amide bonds. The second-order valence-electron chi connectivity index (χ2n) is 7.84. The molecule has 11 heteroatoms. The number of amides is 1. The molecule has 0 radical (unpaired) electrons. The first-order chi connectivity index (χ1) is 16.2. The number of fused-ring (bicyclic) bond motifs is 1. The van der Waals surface area contributed by atoms with E-state index < -0.39 is 11.7 Å². The number of rotatable bonds is 3. The molecule has 0 N–H and O–H groups in total. The molecule has 0 atom stereocenters. The summed E-state index contributed by atoms with van der Waals surface area (Å²) in [4.78, 5) is 14.6. The van der Waals surface area contributed by atoms with Gasteiger partial charge < -0.3 is 9.32 Å². The molecule has 1 aliphatic rings. The lowest BCUT2D eigenvalue weighted by Gasteiger charge is -2.27. The predicted molar refractivity (Wildman–Crippen MR) is 117 cm³/mol. The number of aromatic nitrogens is 4. The van der Waals surface area contributed by atoms with Crippen LogP contribution in [0.25, 0.3) is 23.0 Å². The van der Waals surface area contributed by atoms with Crippen LogP contribution in [0.15, 0.2) is 52.9 Å². The first-order valence-corrected chi connectivity index (χ1v) is 10.7. The van der Waals surface area contributed by atoms with Crippen molar-refractivity contribution in [3.63, 3.8) is 0 Å². The van der Waals surface area contributed by atoms with Crippen molar-refractivity contribution in [2.24, 2.45) is 7.05 Å². The van der Waals surface area contributed by atoms with Crippen LogP contribution >= 0.6 is 11.6 Å². The third-order valence-corrected chi connectivity index (χ3v) is 6.05. The molecule has 34 heavy (non-hydrogen) atoms. The normalized spacial score (nSPS) is 13.7. The van der Waals surface area contributed by atoms with Gasteiger partial charge in [-0.2, -0.15) is 18.3 Å². The molecule has 1 aliphatic heterocycles. The van der Waals surface area contributed by atoms with Crippen molar-refractivity contribution in [2.75, 3.05) is 6.54 Å². The molecule has 0 fully saturated rings. The Morgan fingerprint density at radius 3 is 2.47 bits per heavy atom. The van der Waals surface area contributed by atoms with E-state index in [-0.39, 0.29) is 29.8 Å². The van der Waals surface area contributed by atoms with Crippen LogP contribution in [0.2, 0.25) is 5.02 Å². The molecule has 2 aromatic carbocycles. The number of aryl methyl sites for hydroxylation is 1. The molecular formula is C23H17ClF3N5O2. The van der Waals surface area contributed by atoms with E-state index in [1.807, 2.05) is 0 Å². The highest BCUT2D eigenvalue weighted by Gasteiger charge is 2.32. The fraction of sp³-hybridized carbons (Fsp3) is 0.217. The first kappa shape index (κ1) is 22.1. The molecule has 0 spiro atoms. The number of nitrogens with zero attached hydrogens (tertiary/aromatic N) is 5. The molecule has 4 aromatic rings. The minimum Gasteiger partial charge on any atom is -0.414 e. The van der Waals surface area contributed by atoms with Gasteiger partial charge in [-0.15, -0.1) is 10.2 Å². The summed E-state index contributed by atoms with van der Waals surface area (Å²) in [5.41, 5.74) is 2.10. The smallest absolute Gasteiger partial charge is 0.414 e. The van der Waals surface area contributed by atoms with Gasteiger partial charge in [0.05, 0.1) is 22.7 Å². The lowest BCUT2D eigenvalue weighted by molar-refractivity contribution is -0.137. The van der Waals surface area contributed by atoms with E-state index in [0.29, 0.717) is 29.2 Å². The molecule has 0 aliphatic carbocycles. The van der Waals surface area contributed by atoms with E-state index in [1.165, 1.54) is 12.1 Å². The maximum absolute atomic E-state index is 13.0. The topological polar surface area (TPSA) is 77.1 Å². The molecule has 2 aromatic heterocycles. The van der Waals surface area contributed by atoms with Crippen molar-refractivity contribution in [1.29, 1.82) is 0 Å². The number of benzene rings is 2. The van der Waals surface area contributed by atoms with E-state index in [4.69, 9.17) is 16.0 Å². The second-order valence-corrected chi connectivity index (χ2v) is 8.25. The number of alkyl halides is 3. The second kappa shape index (κ2) is 8.28. The van der Waals surface area contributed by atoms with Crippen molar-refractivity contribution in [2.45, 2.75) is 19.1 Å². The highest BCUT2D eigenvalue weighted by atomic mass is 35.5. The van der Waals surface area contributed by atoms with E-state index in [9.17, 15) is 18.0 Å². The van der Waals surface area contributed by atoms with Crippen molar-refractivity contribution < 1.29 is 22.4 Å². The molecule has 5 rings (SSSR count). The average Bonchev–Trinajstić information content (AvgIpc) is 3.43. The first-order valence-electron chi connectivity index (χ1n) is 10.3. The average molecular weight is 488 g/mol. The van der Waals surface area contributed by atoms with E-state index >= 15 is 0 Å². The van der Waals surface area contributed by atoms with Gasteiger partial charge in [-0.1, -0.05) is 23.7 Å². The van der Waals surface area contributed by atoms with Crippen LogP contribution < -0.4 is 0 Å². The minimum atomic E-state index is -4.46. The molecule has 174 valence electrons. The van der Waals surface area contributed by atoms with Gasteiger partial charge in [-0.3, -0.25) is 9.48 Å². The van der Waals surface area contributed by atoms with Crippen molar-refractivity contribution >= 4 is 17.5 Å². The summed E-state index contributed by atoms with van der Waals surface area (Å²) in [7, 11) is 1.79. The molecule has 0 saturated carbocycles. The van der Waals surface area contributed by atoms with Gasteiger partial charge in [-0.05, 0) is 36.4 Å². The number of hydrogen-bond acceptors (Lipinski definition) is 5. The molecule has 0 unspecified atom stereocenters. The van der Waals surface area contributed by atoms with Crippen LogP contribution in [0, 0.1) is 0 Å². The highest BCUT2D eigenvalue weighted by Crippen LogP contribution is 2.33. The Bertz CT molecular complexity index is 1380. The van der Waals surface area contributed by atoms with Crippen LogP contribution in [-0.4, -0.2) is 37.3 Å². The molecule has 3 heterocycles. The molecule has 0 bridgehead atoms. The quantitative estimate of drug-likeness (QED) is 0.406. The van der Waals surface area contributed by atoms with E-state index in [2.05, 4.69) is 15.3 Å². The number of carbonyl (C=O) groups excluding carboxylic acids is 1. The summed E-state index contributed by atoms with van der Waals surface area (Å²) in [5.74, 6) is 0.0700. The van der Waals surface area contributed by atoms with Gasteiger partial charge in [-0.25, -0.2) is 0 Å². The van der Waals surface area contributed by atoms with Crippen LogP contribution in [0.4, 0.5) is 13.2 Å². The zero-order valence-corrected chi connectivity index (χ0v) is 18.6. The van der Waals surface area contributed by atoms with Crippen LogP contribution in [0.3, 0.4) is 0 Å². The number of carbonyl (C=O) groups is 1. The SMILES string of the molecule is Cn1nc(-c2nnc(-c3ccccc3Cl)o2)c2c1CCN(C(=O)c1ccc(C(F)(F)F)cc1)C2. The largest absolute Gasteiger partial charge is 0.416 e. The molecular weight excluding hydrogens is 471 g/mol. The standard InChI is InChI=1S/C23H17ClF3N5O2/c1-31-18-10-11-32(22(33)13-6-8-14(9-7-13)23(25,26)27)12-16(18)19(30-31)21-29-28-20(34-21)15-4-2-3-5-17(15)24/h2-9H,10-12H2,1H3. The molecule has 7 nitrogen and oxygen atoms in total. The number of halogens is 4. The third-order valence-electron chi connectivity index (χ3n) is 5.72. The summed E-state index contributed by atoms with van der Waals surface area (Å²) in [6.07, 6.45) is -3.93. The summed E-state index contributed by atoms with van der Waals surface area (Å²) < 4.78 is 46.1. The fourth-order valence-electron chi connectivity index (χ4n) is 3.98. The minimum absolute atomic E-state index is 0.181. The van der Waals surface area contributed by atoms with Gasteiger partial charge in [0, 0.05) is 36.8 Å². The van der Waals surface area contributed by atoms with Gasteiger partial charge in [0.25, 0.3) is 11.8 Å². The Labute approximate surface area is 196 Å². The monoisotopic (exact) mass is 487 g/mol. The lowest BCUT2D eigenvalue weighted by atomic mass is 10.0. The maximum atomic E-state index is 13.0. The van der Waals surface area contributed by atoms with Crippen LogP contribution in [0.5, 0.6) is 0 Å². The third kappa shape index (κ3) is 3.94. The zero-order chi connectivity index (χ0) is 24.0. The van der Waals surface area contributed by atoms with Crippen LogP contribution in [-0.2, 0) is 26.2 Å². The van der Waals surface area contributed by atoms with Crippen molar-refractivity contribution in [1.82, 2.24) is 24.9 Å². The van der Waals surface area contributed by atoms with Gasteiger partial charge in [0.15, 0.2) is 5.69 Å². The van der Waals surface area contributed by atoms with Gasteiger partial charge in [0.1, 0.15) is 0 Å². The van der Waals surface area contributed by atoms with E-state index in [0.717, 1.165) is 23.4 Å². The Balaban J connectivity index is 1.43. The predicted octanol–water partition coefficient (Wildman–Crippen LogP) is 5.01. The summed E-state index contributed by atoms with van der Waals surface area (Å²) in [6, 6.07) is 11.3. The summed E-state index contributed by atoms with van der Waals surface area (Å²) >= 11 is 6.23. The maximum Gasteiger partial charge on any atom is 0.416 e. The summed E-state index contributed by atoms with van der Waals surface area (Å²) in [5, 5.41) is 13.2. The molecule has 0 saturated heterocycles. The Hall–Kier alpha value is -3.66. The Morgan fingerprint density at radius 2 is 1.76 bits per heavy atom. The van der Waals surface area contributed by atoms with Crippen molar-refractivity contribution in [3.05, 3.63) is 75.9 Å². The van der Waals surface area contributed by atoms with Crippen LogP contribution in [0.1, 0.15) is 27.2 Å². The van der Waals surface area contributed by atoms with E-state index in [1.54, 1.807) is 40.9 Å². The highest BCUT2D eigenvalue weighted by molar-refractivity contribution is 6.33. The Kier molecular flexibility index (Phi) is 5.40. The fourth-order valence-corrected chi connectivity index (χ4v) is 4.20.